The normalized spacial score (nSPS) is 27.9. The Morgan fingerprint density at radius 1 is 1.28 bits per heavy atom. The highest BCUT2D eigenvalue weighted by Crippen LogP contribution is 2.33. The Kier molecular flexibility index (Phi) is 3.29. The first kappa shape index (κ1) is 15.2. The molecule has 1 unspecified atom stereocenters. The zero-order valence-corrected chi connectivity index (χ0v) is 13.9. The highest BCUT2D eigenvalue weighted by molar-refractivity contribution is 5.78. The molecule has 5 heterocycles. The van der Waals surface area contributed by atoms with Gasteiger partial charge in [-0.25, -0.2) is 9.78 Å². The molecule has 4 saturated heterocycles. The molecule has 2 amide bonds. The molecular weight excluding hydrogens is 324 g/mol. The van der Waals surface area contributed by atoms with Crippen molar-refractivity contribution in [1.29, 1.82) is 0 Å². The summed E-state index contributed by atoms with van der Waals surface area (Å²) in [5.74, 6) is 1.87. The molecule has 134 valence electrons. The van der Waals surface area contributed by atoms with E-state index in [1.54, 1.807) is 0 Å². The summed E-state index contributed by atoms with van der Waals surface area (Å²) in [6.07, 6.45) is 0.681. The minimum absolute atomic E-state index is 0.0959. The van der Waals surface area contributed by atoms with E-state index in [9.17, 15) is 9.90 Å². The van der Waals surface area contributed by atoms with Crippen molar-refractivity contribution in [1.82, 2.24) is 20.6 Å². The number of β-amino-alcohol motifs (C(OH)–C–C–N with tert-alkyl or cyclic N) is 1. The van der Waals surface area contributed by atoms with Crippen LogP contribution in [0.2, 0.25) is 0 Å². The van der Waals surface area contributed by atoms with Gasteiger partial charge in [0.2, 0.25) is 5.95 Å². The largest absolute Gasteiger partial charge is 0.389 e. The van der Waals surface area contributed by atoms with Crippen molar-refractivity contribution >= 4 is 17.8 Å². The summed E-state index contributed by atoms with van der Waals surface area (Å²) in [5, 5.41) is 15.4. The molecule has 0 radical (unpaired) electrons. The van der Waals surface area contributed by atoms with Crippen molar-refractivity contribution in [3.8, 4) is 0 Å². The van der Waals surface area contributed by atoms with E-state index in [2.05, 4.69) is 21.6 Å². The second-order valence-corrected chi connectivity index (χ2v) is 7.51. The average Bonchev–Trinajstić information content (AvgIpc) is 3.19. The summed E-state index contributed by atoms with van der Waals surface area (Å²) in [5.41, 5.74) is 0.833. The standard InChI is InChI=1S/C16H22N6O3/c23-11-4-21(5-11)14-18-12(10-1-2-25-6-10)3-13(19-14)22-8-16(9-22)7-17-15(24)20-16/h3,10-11,23H,1-2,4-9H2,(H2,17,20,24). The lowest BCUT2D eigenvalue weighted by atomic mass is 9.91. The zero-order valence-electron chi connectivity index (χ0n) is 13.9. The number of hydrogen-bond acceptors (Lipinski definition) is 7. The van der Waals surface area contributed by atoms with E-state index in [0.717, 1.165) is 37.6 Å². The van der Waals surface area contributed by atoms with Crippen molar-refractivity contribution in [2.45, 2.75) is 24.0 Å². The summed E-state index contributed by atoms with van der Waals surface area (Å²) in [4.78, 5) is 25.1. The van der Waals surface area contributed by atoms with Gasteiger partial charge < -0.3 is 30.3 Å². The Morgan fingerprint density at radius 2 is 2.12 bits per heavy atom. The van der Waals surface area contributed by atoms with E-state index in [0.29, 0.717) is 38.1 Å². The van der Waals surface area contributed by atoms with Gasteiger partial charge in [0.25, 0.3) is 0 Å². The lowest BCUT2D eigenvalue weighted by molar-refractivity contribution is 0.140. The van der Waals surface area contributed by atoms with Crippen molar-refractivity contribution in [2.24, 2.45) is 0 Å². The molecule has 1 aromatic rings. The molecule has 9 nitrogen and oxygen atoms in total. The maximum absolute atomic E-state index is 11.4. The number of aliphatic hydroxyl groups is 1. The fourth-order valence-corrected chi connectivity index (χ4v) is 3.95. The van der Waals surface area contributed by atoms with Crippen LogP contribution in [0.15, 0.2) is 6.07 Å². The van der Waals surface area contributed by atoms with Gasteiger partial charge in [0.15, 0.2) is 0 Å². The molecule has 0 aliphatic carbocycles. The van der Waals surface area contributed by atoms with Crippen LogP contribution in [0.25, 0.3) is 0 Å². The van der Waals surface area contributed by atoms with Crippen molar-refractivity contribution in [2.75, 3.05) is 55.7 Å². The fraction of sp³-hybridized carbons (Fsp3) is 0.688. The molecule has 1 atom stereocenters. The third kappa shape index (κ3) is 2.58. The number of aromatic nitrogens is 2. The number of carbonyl (C=O) groups excluding carboxylic acids is 1. The van der Waals surface area contributed by atoms with E-state index < -0.39 is 0 Å². The van der Waals surface area contributed by atoms with Crippen LogP contribution in [0.3, 0.4) is 0 Å². The Morgan fingerprint density at radius 3 is 2.76 bits per heavy atom. The summed E-state index contributed by atoms with van der Waals surface area (Å²) in [7, 11) is 0. The average molecular weight is 346 g/mol. The quantitative estimate of drug-likeness (QED) is 0.647. The van der Waals surface area contributed by atoms with E-state index in [-0.39, 0.29) is 17.7 Å². The Bertz CT molecular complexity index is 695. The second kappa shape index (κ2) is 5.43. The smallest absolute Gasteiger partial charge is 0.315 e. The molecule has 9 heteroatoms. The van der Waals surface area contributed by atoms with Gasteiger partial charge in [0.05, 0.1) is 23.9 Å². The molecule has 4 fully saturated rings. The fourth-order valence-electron chi connectivity index (χ4n) is 3.95. The van der Waals surface area contributed by atoms with Gasteiger partial charge in [-0.15, -0.1) is 0 Å². The summed E-state index contributed by atoms with van der Waals surface area (Å²) in [6, 6.07) is 1.96. The Hall–Kier alpha value is -2.13. The van der Waals surface area contributed by atoms with Crippen LogP contribution >= 0.6 is 0 Å². The molecule has 4 aliphatic heterocycles. The molecule has 4 aliphatic rings. The highest BCUT2D eigenvalue weighted by atomic mass is 16.5. The third-order valence-corrected chi connectivity index (χ3v) is 5.49. The topological polar surface area (TPSA) is 103 Å². The third-order valence-electron chi connectivity index (χ3n) is 5.49. The van der Waals surface area contributed by atoms with Crippen LogP contribution in [0.1, 0.15) is 18.0 Å². The van der Waals surface area contributed by atoms with Gasteiger partial charge in [-0.3, -0.25) is 0 Å². The first-order valence-corrected chi connectivity index (χ1v) is 8.81. The van der Waals surface area contributed by atoms with E-state index in [1.807, 2.05) is 4.90 Å². The van der Waals surface area contributed by atoms with Gasteiger partial charge in [-0.1, -0.05) is 0 Å². The first-order valence-electron chi connectivity index (χ1n) is 8.81. The van der Waals surface area contributed by atoms with E-state index in [1.165, 1.54) is 0 Å². The molecule has 1 aromatic heterocycles. The summed E-state index contributed by atoms with van der Waals surface area (Å²) < 4.78 is 5.51. The molecular formula is C16H22N6O3. The molecule has 0 saturated carbocycles. The zero-order chi connectivity index (χ0) is 17.0. The number of ether oxygens (including phenoxy) is 1. The molecule has 0 bridgehead atoms. The Balaban J connectivity index is 1.39. The van der Waals surface area contributed by atoms with Gasteiger partial charge in [-0.05, 0) is 6.42 Å². The number of anilines is 2. The minimum atomic E-state index is -0.294. The van der Waals surface area contributed by atoms with Crippen LogP contribution < -0.4 is 20.4 Å². The van der Waals surface area contributed by atoms with Crippen molar-refractivity contribution < 1.29 is 14.6 Å². The Labute approximate surface area is 145 Å². The molecule has 5 rings (SSSR count). The molecule has 25 heavy (non-hydrogen) atoms. The molecule has 0 aromatic carbocycles. The van der Waals surface area contributed by atoms with E-state index >= 15 is 0 Å². The number of amides is 2. The van der Waals surface area contributed by atoms with Crippen LogP contribution in [-0.4, -0.2) is 78.7 Å². The maximum Gasteiger partial charge on any atom is 0.315 e. The van der Waals surface area contributed by atoms with Crippen LogP contribution in [-0.2, 0) is 4.74 Å². The van der Waals surface area contributed by atoms with Gasteiger partial charge >= 0.3 is 6.03 Å². The number of carbonyl (C=O) groups is 1. The molecule has 1 spiro atoms. The number of aliphatic hydroxyl groups excluding tert-OH is 1. The van der Waals surface area contributed by atoms with Gasteiger partial charge in [0, 0.05) is 51.3 Å². The SMILES string of the molecule is O=C1NCC2(CN(c3cc(C4CCOC4)nc(N4CC(O)C4)n3)C2)N1. The lowest BCUT2D eigenvalue weighted by Gasteiger charge is -2.48. The summed E-state index contributed by atoms with van der Waals surface area (Å²) in [6.45, 7) is 4.76. The van der Waals surface area contributed by atoms with Crippen LogP contribution in [0.5, 0.6) is 0 Å². The van der Waals surface area contributed by atoms with E-state index in [4.69, 9.17) is 14.7 Å². The highest BCUT2D eigenvalue weighted by Gasteiger charge is 2.48. The predicted octanol–water partition coefficient (Wildman–Crippen LogP) is -0.967. The number of urea groups is 1. The predicted molar refractivity (Wildman–Crippen MR) is 89.9 cm³/mol. The number of hydrogen-bond donors (Lipinski definition) is 3. The van der Waals surface area contributed by atoms with Gasteiger partial charge in [-0.2, -0.15) is 4.98 Å². The van der Waals surface area contributed by atoms with Crippen LogP contribution in [0, 0.1) is 0 Å². The number of nitrogens with zero attached hydrogens (tertiary/aromatic N) is 4. The van der Waals surface area contributed by atoms with Crippen LogP contribution in [0.4, 0.5) is 16.6 Å². The number of rotatable bonds is 3. The minimum Gasteiger partial charge on any atom is -0.389 e. The number of nitrogens with one attached hydrogen (secondary N) is 2. The van der Waals surface area contributed by atoms with Crippen molar-refractivity contribution in [3.63, 3.8) is 0 Å². The first-order chi connectivity index (χ1) is 12.1. The summed E-state index contributed by atoms with van der Waals surface area (Å²) >= 11 is 0. The second-order valence-electron chi connectivity index (χ2n) is 7.51. The van der Waals surface area contributed by atoms with Crippen molar-refractivity contribution in [3.05, 3.63) is 11.8 Å². The monoisotopic (exact) mass is 346 g/mol. The van der Waals surface area contributed by atoms with Gasteiger partial charge in [0.1, 0.15) is 5.82 Å². The maximum atomic E-state index is 11.4. The molecule has 3 N–H and O–H groups in total. The lowest BCUT2D eigenvalue weighted by Crippen LogP contribution is -2.69.